The number of hydrogen-bond donors (Lipinski definition) is 2. The third-order valence-corrected chi connectivity index (χ3v) is 9.71. The first-order valence-corrected chi connectivity index (χ1v) is 16.4. The predicted octanol–water partition coefficient (Wildman–Crippen LogP) is 11.5. The maximum absolute atomic E-state index is 6.42. The van der Waals surface area contributed by atoms with E-state index in [1.54, 1.807) is 0 Å². The number of fused-ring (bicyclic) bond motifs is 2. The molecule has 4 nitrogen and oxygen atoms in total. The molecule has 2 heterocycles. The Labute approximate surface area is 282 Å². The monoisotopic (exact) mass is 624 g/mol. The van der Waals surface area contributed by atoms with E-state index in [4.69, 9.17) is 10.7 Å². The molecule has 3 N–H and O–H groups in total. The molecule has 5 aromatic carbocycles. The van der Waals surface area contributed by atoms with Crippen molar-refractivity contribution in [3.05, 3.63) is 144 Å². The van der Waals surface area contributed by atoms with E-state index in [1.807, 2.05) is 37.5 Å². The topological polar surface area (TPSA) is 55.9 Å². The first-order valence-electron chi connectivity index (χ1n) is 16.4. The third kappa shape index (κ3) is 4.98. The lowest BCUT2D eigenvalue weighted by molar-refractivity contribution is 1.01. The number of para-hydroxylation sites is 2. The lowest BCUT2D eigenvalue weighted by Crippen LogP contribution is -2.00. The van der Waals surface area contributed by atoms with Crippen LogP contribution in [-0.2, 0) is 0 Å². The van der Waals surface area contributed by atoms with Crippen molar-refractivity contribution in [2.24, 2.45) is 0 Å². The van der Waals surface area contributed by atoms with Crippen LogP contribution in [0.25, 0.3) is 72.4 Å². The van der Waals surface area contributed by atoms with Crippen LogP contribution >= 0.6 is 0 Å². The van der Waals surface area contributed by atoms with Gasteiger partial charge in [0.25, 0.3) is 0 Å². The molecule has 0 spiro atoms. The zero-order chi connectivity index (χ0) is 33.5. The fourth-order valence-electron chi connectivity index (χ4n) is 7.19. The van der Waals surface area contributed by atoms with Crippen molar-refractivity contribution in [2.75, 3.05) is 18.1 Å². The molecule has 0 aliphatic carbocycles. The number of allylic oxidation sites excluding steroid dienone is 2. The van der Waals surface area contributed by atoms with Gasteiger partial charge in [-0.15, -0.1) is 0 Å². The molecule has 0 unspecified atom stereocenters. The largest absolute Gasteiger partial charge is 0.397 e. The molecule has 48 heavy (non-hydrogen) atoms. The molecule has 0 aliphatic rings. The molecular formula is C44H40N4. The van der Waals surface area contributed by atoms with Crippen LogP contribution < -0.4 is 11.1 Å². The summed E-state index contributed by atoms with van der Waals surface area (Å²) in [5, 5.41) is 6.91. The van der Waals surface area contributed by atoms with Gasteiger partial charge in [-0.1, -0.05) is 104 Å². The van der Waals surface area contributed by atoms with Gasteiger partial charge < -0.3 is 15.6 Å². The third-order valence-electron chi connectivity index (χ3n) is 9.71. The summed E-state index contributed by atoms with van der Waals surface area (Å²) in [6, 6.07) is 34.6. The highest BCUT2D eigenvalue weighted by Crippen LogP contribution is 2.42. The molecule has 0 saturated carbocycles. The van der Waals surface area contributed by atoms with Crippen molar-refractivity contribution < 1.29 is 0 Å². The van der Waals surface area contributed by atoms with Crippen LogP contribution in [0.3, 0.4) is 0 Å². The van der Waals surface area contributed by atoms with E-state index in [2.05, 4.69) is 135 Å². The summed E-state index contributed by atoms with van der Waals surface area (Å²) in [5.41, 5.74) is 23.1. The second kappa shape index (κ2) is 12.4. The lowest BCUT2D eigenvalue weighted by atomic mass is 9.88. The molecule has 7 aromatic rings. The van der Waals surface area contributed by atoms with Crippen molar-refractivity contribution >= 4 is 44.7 Å². The molecule has 0 aliphatic heterocycles. The van der Waals surface area contributed by atoms with Crippen molar-refractivity contribution in [3.63, 3.8) is 0 Å². The number of benzene rings is 5. The van der Waals surface area contributed by atoms with Crippen molar-refractivity contribution in [3.8, 4) is 39.1 Å². The number of hydrogen-bond acceptors (Lipinski definition) is 3. The second-order valence-electron chi connectivity index (χ2n) is 12.4. The summed E-state index contributed by atoms with van der Waals surface area (Å²) < 4.78 is 2.22. The molecule has 4 heteroatoms. The van der Waals surface area contributed by atoms with Crippen molar-refractivity contribution in [1.82, 2.24) is 9.55 Å². The molecule has 0 saturated heterocycles. The number of nitrogen functional groups attached to an aromatic ring is 1. The molecule has 0 amide bonds. The smallest absolute Gasteiger partial charge is 0.0945 e. The fraction of sp³-hybridized carbons (Fsp3) is 0.114. The van der Waals surface area contributed by atoms with E-state index in [9.17, 15) is 0 Å². The minimum absolute atomic E-state index is 0.761. The average molecular weight is 625 g/mol. The summed E-state index contributed by atoms with van der Waals surface area (Å²) >= 11 is 0. The summed E-state index contributed by atoms with van der Waals surface area (Å²) in [4.78, 5) is 4.85. The number of anilines is 2. The highest BCUT2D eigenvalue weighted by atomic mass is 15.0. The number of nitrogens with two attached hydrogens (primary N) is 1. The standard InChI is InChI=1S/C44H40N4/c1-7-27(3)41-29(5)48(40-16-12-11-15-39(40)45)26-38(41)32-19-17-31(18-20-32)33-23-24-36(35-14-10-9-13-34(33)35)42-28(4)25-47-44-37(42)22-21-30(8-2)43(44)46-6/h7-26,46H,2,45H2,1,3-6H3/b27-7-. The van der Waals surface area contributed by atoms with Gasteiger partial charge in [0, 0.05) is 41.6 Å². The Balaban J connectivity index is 1.35. The Morgan fingerprint density at radius 2 is 1.44 bits per heavy atom. The normalized spacial score (nSPS) is 11.7. The van der Waals surface area contributed by atoms with Gasteiger partial charge in [0.1, 0.15) is 0 Å². The maximum Gasteiger partial charge on any atom is 0.0945 e. The molecule has 0 fully saturated rings. The predicted molar refractivity (Wildman–Crippen MR) is 208 cm³/mol. The van der Waals surface area contributed by atoms with Crippen LogP contribution in [0.4, 0.5) is 11.4 Å². The van der Waals surface area contributed by atoms with E-state index in [0.29, 0.717) is 0 Å². The zero-order valence-corrected chi connectivity index (χ0v) is 28.2. The number of pyridine rings is 1. The summed E-state index contributed by atoms with van der Waals surface area (Å²) in [7, 11) is 1.94. The Bertz CT molecular complexity index is 2390. The van der Waals surface area contributed by atoms with Crippen molar-refractivity contribution in [2.45, 2.75) is 27.7 Å². The fourth-order valence-corrected chi connectivity index (χ4v) is 7.19. The number of nitrogens with one attached hydrogen (secondary N) is 1. The highest BCUT2D eigenvalue weighted by Gasteiger charge is 2.19. The molecule has 236 valence electrons. The van der Waals surface area contributed by atoms with Crippen LogP contribution in [0.15, 0.2) is 122 Å². The molecule has 7 rings (SSSR count). The quantitative estimate of drug-likeness (QED) is 0.174. The first kappa shape index (κ1) is 30.8. The van der Waals surface area contributed by atoms with Gasteiger partial charge in [-0.05, 0) is 95.1 Å². The maximum atomic E-state index is 6.42. The Morgan fingerprint density at radius 3 is 2.10 bits per heavy atom. The molecule has 0 atom stereocenters. The Hall–Kier alpha value is -5.87. The average Bonchev–Trinajstić information content (AvgIpc) is 3.47. The summed E-state index contributed by atoms with van der Waals surface area (Å²) in [5.74, 6) is 0. The van der Waals surface area contributed by atoms with E-state index < -0.39 is 0 Å². The van der Waals surface area contributed by atoms with Gasteiger partial charge in [0.2, 0.25) is 0 Å². The number of aromatic nitrogens is 2. The number of aryl methyl sites for hydroxylation is 1. The first-order chi connectivity index (χ1) is 23.4. The minimum Gasteiger partial charge on any atom is -0.397 e. The second-order valence-corrected chi connectivity index (χ2v) is 12.4. The van der Waals surface area contributed by atoms with Gasteiger partial charge in [0.15, 0.2) is 0 Å². The number of rotatable bonds is 7. The van der Waals surface area contributed by atoms with Gasteiger partial charge >= 0.3 is 0 Å². The van der Waals surface area contributed by atoms with E-state index in [0.717, 1.165) is 39.1 Å². The van der Waals surface area contributed by atoms with Crippen LogP contribution in [0.2, 0.25) is 0 Å². The van der Waals surface area contributed by atoms with Crippen molar-refractivity contribution in [1.29, 1.82) is 0 Å². The molecule has 0 radical (unpaired) electrons. The molecular weight excluding hydrogens is 585 g/mol. The van der Waals surface area contributed by atoms with E-state index >= 15 is 0 Å². The zero-order valence-electron chi connectivity index (χ0n) is 28.2. The van der Waals surface area contributed by atoms with Crippen LogP contribution in [0.1, 0.15) is 36.2 Å². The highest BCUT2D eigenvalue weighted by molar-refractivity contribution is 6.12. The van der Waals surface area contributed by atoms with Gasteiger partial charge in [0.05, 0.1) is 22.6 Å². The molecule has 0 bridgehead atoms. The molecule has 2 aromatic heterocycles. The Morgan fingerprint density at radius 1 is 0.792 bits per heavy atom. The van der Waals surface area contributed by atoms with Crippen LogP contribution in [-0.4, -0.2) is 16.6 Å². The van der Waals surface area contributed by atoms with Gasteiger partial charge in [-0.25, -0.2) is 0 Å². The van der Waals surface area contributed by atoms with Gasteiger partial charge in [-0.3, -0.25) is 4.98 Å². The van der Waals surface area contributed by atoms with Crippen LogP contribution in [0, 0.1) is 13.8 Å². The minimum atomic E-state index is 0.761. The summed E-state index contributed by atoms with van der Waals surface area (Å²) in [6.45, 7) is 12.6. The van der Waals surface area contributed by atoms with E-state index in [1.165, 1.54) is 61.0 Å². The van der Waals surface area contributed by atoms with Gasteiger partial charge in [-0.2, -0.15) is 0 Å². The lowest BCUT2D eigenvalue weighted by Gasteiger charge is -2.17. The number of nitrogens with zero attached hydrogens (tertiary/aromatic N) is 2. The SMILES string of the molecule is C=Cc1ccc2c(-c3ccc(-c4ccc(-c5cn(-c6ccccc6N)c(C)c5/C(C)=C\C)cc4)c4ccccc34)c(C)cnc2c1NC. The van der Waals surface area contributed by atoms with E-state index in [-0.39, 0.29) is 0 Å². The summed E-state index contributed by atoms with van der Waals surface area (Å²) in [6.07, 6.45) is 8.26. The van der Waals surface area contributed by atoms with Crippen LogP contribution in [0.5, 0.6) is 0 Å². The Kier molecular flexibility index (Phi) is 7.94.